The Kier molecular flexibility index (Phi) is 4.45. The van der Waals surface area contributed by atoms with Crippen LogP contribution in [0.2, 0.25) is 0 Å². The summed E-state index contributed by atoms with van der Waals surface area (Å²) in [6, 6.07) is 3.81. The predicted molar refractivity (Wildman–Crippen MR) is 76.2 cm³/mol. The molecule has 0 aliphatic rings. The summed E-state index contributed by atoms with van der Waals surface area (Å²) in [6.07, 6.45) is 0.0586. The van der Waals surface area contributed by atoms with Gasteiger partial charge in [0.2, 0.25) is 0 Å². The van der Waals surface area contributed by atoms with Crippen molar-refractivity contribution in [3.8, 4) is 0 Å². The molecule has 2 N–H and O–H groups in total. The highest BCUT2D eigenvalue weighted by Crippen LogP contribution is 2.26. The van der Waals surface area contributed by atoms with Crippen molar-refractivity contribution in [2.45, 2.75) is 26.3 Å². The number of benzene rings is 1. The Labute approximate surface area is 124 Å². The van der Waals surface area contributed by atoms with Gasteiger partial charge in [0.15, 0.2) is 0 Å². The topological polar surface area (TPSA) is 51.8 Å². The zero-order valence-electron chi connectivity index (χ0n) is 11.1. The summed E-state index contributed by atoms with van der Waals surface area (Å²) in [5, 5.41) is 7.89. The molecule has 0 aliphatic carbocycles. The smallest absolute Gasteiger partial charge is 0.143 e. The van der Waals surface area contributed by atoms with Crippen LogP contribution in [0.4, 0.5) is 8.78 Å². The van der Waals surface area contributed by atoms with Gasteiger partial charge >= 0.3 is 0 Å². The van der Waals surface area contributed by atoms with Gasteiger partial charge in [-0.2, -0.15) is 10.2 Å². The Bertz CT molecular complexity index is 647. The lowest BCUT2D eigenvalue weighted by Gasteiger charge is -2.15. The van der Waals surface area contributed by atoms with Crippen molar-refractivity contribution in [2.75, 3.05) is 0 Å². The first-order valence-corrected chi connectivity index (χ1v) is 6.88. The molecule has 106 valence electrons. The highest BCUT2D eigenvalue weighted by molar-refractivity contribution is 9.10. The number of rotatable bonds is 3. The molecule has 1 aromatic carbocycles. The largest absolute Gasteiger partial charge is 0.324 e. The van der Waals surface area contributed by atoms with Crippen LogP contribution in [0.15, 0.2) is 22.7 Å². The monoisotopic (exact) mass is 341 g/mol. The second-order valence-electron chi connectivity index (χ2n) is 4.66. The van der Waals surface area contributed by atoms with Crippen LogP contribution in [0.25, 0.3) is 0 Å². The molecule has 6 heteroatoms. The number of halogens is 3. The van der Waals surface area contributed by atoms with Gasteiger partial charge in [-0.3, -0.25) is 0 Å². The van der Waals surface area contributed by atoms with Crippen LogP contribution in [-0.4, -0.2) is 10.2 Å². The highest BCUT2D eigenvalue weighted by atomic mass is 79.9. The second kappa shape index (κ2) is 5.93. The molecule has 1 atom stereocenters. The maximum atomic E-state index is 13.9. The lowest BCUT2D eigenvalue weighted by Crippen LogP contribution is -2.17. The van der Waals surface area contributed by atoms with E-state index in [9.17, 15) is 8.78 Å². The average molecular weight is 342 g/mol. The standard InChI is InChI=1S/C14H14BrF2N3/c1-7-5-9(8(2)20-19-7)13(18)6-10-12(16)4-3-11(15)14(10)17/h3-5,13H,6,18H2,1-2H3. The van der Waals surface area contributed by atoms with Gasteiger partial charge in [-0.25, -0.2) is 8.78 Å². The minimum absolute atomic E-state index is 0.0271. The molecule has 1 aromatic heterocycles. The molecule has 0 bridgehead atoms. The number of hydrogen-bond acceptors (Lipinski definition) is 3. The van der Waals surface area contributed by atoms with Gasteiger partial charge in [-0.1, -0.05) is 0 Å². The van der Waals surface area contributed by atoms with E-state index in [2.05, 4.69) is 26.1 Å². The summed E-state index contributed by atoms with van der Waals surface area (Å²) in [6.45, 7) is 3.57. The summed E-state index contributed by atoms with van der Waals surface area (Å²) in [4.78, 5) is 0. The summed E-state index contributed by atoms with van der Waals surface area (Å²) in [7, 11) is 0. The van der Waals surface area contributed by atoms with Gasteiger partial charge in [-0.15, -0.1) is 0 Å². The molecule has 0 radical (unpaired) electrons. The van der Waals surface area contributed by atoms with Crippen LogP contribution in [0.3, 0.4) is 0 Å². The number of nitrogens with zero attached hydrogens (tertiary/aromatic N) is 2. The third-order valence-corrected chi connectivity index (χ3v) is 3.71. The van der Waals surface area contributed by atoms with Gasteiger partial charge < -0.3 is 5.73 Å². The first-order valence-electron chi connectivity index (χ1n) is 6.09. The zero-order valence-corrected chi connectivity index (χ0v) is 12.7. The van der Waals surface area contributed by atoms with Crippen LogP contribution < -0.4 is 5.73 Å². The minimum atomic E-state index is -0.614. The number of nitrogens with two attached hydrogens (primary N) is 1. The van der Waals surface area contributed by atoms with Crippen molar-refractivity contribution in [3.63, 3.8) is 0 Å². The molecule has 0 saturated heterocycles. The number of hydrogen-bond donors (Lipinski definition) is 1. The lowest BCUT2D eigenvalue weighted by molar-refractivity contribution is 0.535. The van der Waals surface area contributed by atoms with Crippen molar-refractivity contribution < 1.29 is 8.78 Å². The number of aryl methyl sites for hydroxylation is 2. The summed E-state index contributed by atoms with van der Waals surface area (Å²) < 4.78 is 27.9. The van der Waals surface area contributed by atoms with E-state index in [1.807, 2.05) is 0 Å². The van der Waals surface area contributed by atoms with Crippen molar-refractivity contribution in [1.29, 1.82) is 0 Å². The molecule has 20 heavy (non-hydrogen) atoms. The molecule has 0 saturated carbocycles. The predicted octanol–water partition coefficient (Wildman–Crippen LogP) is 3.38. The van der Waals surface area contributed by atoms with E-state index >= 15 is 0 Å². The zero-order chi connectivity index (χ0) is 14.9. The Morgan fingerprint density at radius 3 is 2.65 bits per heavy atom. The first-order chi connectivity index (χ1) is 9.40. The summed E-state index contributed by atoms with van der Waals surface area (Å²) in [5.74, 6) is -1.21. The molecule has 0 amide bonds. The third kappa shape index (κ3) is 3.02. The maximum absolute atomic E-state index is 13.9. The van der Waals surface area contributed by atoms with E-state index in [1.54, 1.807) is 19.9 Å². The quantitative estimate of drug-likeness (QED) is 0.870. The van der Waals surface area contributed by atoms with E-state index < -0.39 is 17.7 Å². The van der Waals surface area contributed by atoms with Gasteiger partial charge in [0, 0.05) is 11.6 Å². The van der Waals surface area contributed by atoms with Crippen molar-refractivity contribution in [3.05, 3.63) is 56.8 Å². The SMILES string of the molecule is Cc1cc(C(N)Cc2c(F)ccc(Br)c2F)c(C)nn1. The fourth-order valence-electron chi connectivity index (χ4n) is 2.03. The van der Waals surface area contributed by atoms with Crippen LogP contribution in [0, 0.1) is 25.5 Å². The Morgan fingerprint density at radius 2 is 1.95 bits per heavy atom. The van der Waals surface area contributed by atoms with Crippen LogP contribution in [0.1, 0.15) is 28.6 Å². The maximum Gasteiger partial charge on any atom is 0.143 e. The van der Waals surface area contributed by atoms with Crippen molar-refractivity contribution >= 4 is 15.9 Å². The molecule has 0 spiro atoms. The fourth-order valence-corrected chi connectivity index (χ4v) is 2.40. The van der Waals surface area contributed by atoms with Gasteiger partial charge in [0.05, 0.1) is 15.9 Å². The lowest BCUT2D eigenvalue weighted by atomic mass is 9.98. The van der Waals surface area contributed by atoms with Crippen LogP contribution in [-0.2, 0) is 6.42 Å². The molecule has 2 rings (SSSR count). The average Bonchev–Trinajstić information content (AvgIpc) is 2.41. The Hall–Kier alpha value is -1.40. The van der Waals surface area contributed by atoms with Gasteiger partial charge in [-0.05, 0) is 60.0 Å². The highest BCUT2D eigenvalue weighted by Gasteiger charge is 2.18. The van der Waals surface area contributed by atoms with E-state index in [1.165, 1.54) is 12.1 Å². The molecule has 1 heterocycles. The van der Waals surface area contributed by atoms with E-state index in [-0.39, 0.29) is 16.5 Å². The summed E-state index contributed by atoms with van der Waals surface area (Å²) >= 11 is 3.05. The van der Waals surface area contributed by atoms with Crippen molar-refractivity contribution in [1.82, 2.24) is 10.2 Å². The Balaban J connectivity index is 2.35. The normalized spacial score (nSPS) is 12.5. The summed E-state index contributed by atoms with van der Waals surface area (Å²) in [5.41, 5.74) is 8.17. The minimum Gasteiger partial charge on any atom is -0.324 e. The third-order valence-electron chi connectivity index (χ3n) is 3.10. The van der Waals surface area contributed by atoms with Gasteiger partial charge in [0.25, 0.3) is 0 Å². The van der Waals surface area contributed by atoms with Crippen molar-refractivity contribution in [2.24, 2.45) is 5.73 Å². The molecule has 0 fully saturated rings. The second-order valence-corrected chi connectivity index (χ2v) is 5.51. The Morgan fingerprint density at radius 1 is 1.25 bits per heavy atom. The van der Waals surface area contributed by atoms with E-state index in [4.69, 9.17) is 5.73 Å². The van der Waals surface area contributed by atoms with Crippen LogP contribution >= 0.6 is 15.9 Å². The number of aromatic nitrogens is 2. The fraction of sp³-hybridized carbons (Fsp3) is 0.286. The molecular weight excluding hydrogens is 328 g/mol. The van der Waals surface area contributed by atoms with E-state index in [0.29, 0.717) is 5.69 Å². The molecule has 1 unspecified atom stereocenters. The van der Waals surface area contributed by atoms with E-state index in [0.717, 1.165) is 11.3 Å². The molecule has 3 nitrogen and oxygen atoms in total. The van der Waals surface area contributed by atoms with Crippen LogP contribution in [0.5, 0.6) is 0 Å². The molecule has 2 aromatic rings. The first kappa shape index (κ1) is 15.0. The van der Waals surface area contributed by atoms with Gasteiger partial charge in [0.1, 0.15) is 11.6 Å². The molecule has 0 aliphatic heterocycles. The molecular formula is C14H14BrF2N3.